The summed E-state index contributed by atoms with van der Waals surface area (Å²) in [6.07, 6.45) is 9.19. The average Bonchev–Trinajstić information content (AvgIpc) is 2.92. The lowest BCUT2D eigenvalue weighted by molar-refractivity contribution is -0.0357. The van der Waals surface area contributed by atoms with Crippen LogP contribution in [0.2, 0.25) is 0 Å². The second-order valence-corrected chi connectivity index (χ2v) is 10.7. The van der Waals surface area contributed by atoms with Crippen LogP contribution in [-0.4, -0.2) is 42.8 Å². The van der Waals surface area contributed by atoms with Gasteiger partial charge in [0.25, 0.3) is 0 Å². The number of hydrogen-bond donors (Lipinski definition) is 1. The predicted octanol–water partition coefficient (Wildman–Crippen LogP) is 5.93. The number of esters is 1. The molecule has 0 aliphatic heterocycles. The van der Waals surface area contributed by atoms with Crippen molar-refractivity contribution < 1.29 is 40.5 Å². The summed E-state index contributed by atoms with van der Waals surface area (Å²) in [6.45, 7) is -1.60. The summed E-state index contributed by atoms with van der Waals surface area (Å²) in [5.41, 5.74) is 4.63. The summed E-state index contributed by atoms with van der Waals surface area (Å²) in [6, 6.07) is 13.2. The van der Waals surface area contributed by atoms with Crippen molar-refractivity contribution in [2.45, 2.75) is 23.8 Å². The number of carbonyl (C=O) groups is 2. The number of alkyl halides is 3. The van der Waals surface area contributed by atoms with E-state index in [-0.39, 0.29) is 22.8 Å². The van der Waals surface area contributed by atoms with Gasteiger partial charge in [-0.3, -0.25) is 9.35 Å². The molecule has 2 aliphatic rings. The molecular formula is C29H21F3O6S. The van der Waals surface area contributed by atoms with E-state index >= 15 is 0 Å². The zero-order chi connectivity index (χ0) is 27.9. The van der Waals surface area contributed by atoms with Crippen molar-refractivity contribution in [2.75, 3.05) is 6.61 Å². The Morgan fingerprint density at radius 1 is 1.05 bits per heavy atom. The number of halogens is 3. The Morgan fingerprint density at radius 2 is 1.77 bits per heavy atom. The highest BCUT2D eigenvalue weighted by molar-refractivity contribution is 7.86. The van der Waals surface area contributed by atoms with Crippen molar-refractivity contribution >= 4 is 44.8 Å². The summed E-state index contributed by atoms with van der Waals surface area (Å²) < 4.78 is 74.1. The first-order valence-corrected chi connectivity index (χ1v) is 13.3. The average molecular weight is 555 g/mol. The van der Waals surface area contributed by atoms with Crippen LogP contribution >= 0.6 is 0 Å². The van der Waals surface area contributed by atoms with Crippen molar-refractivity contribution in [3.8, 4) is 0 Å². The van der Waals surface area contributed by atoms with E-state index in [1.54, 1.807) is 6.08 Å². The standard InChI is InChI=1S/C29H21F3O6S/c30-25(29(31,32)39(35,36)37)16-38-28(34)22-10-5-18(6-11-22)24(33)15-13-17-4-7-21-9-8-19-2-1-3-20-12-14-23(17)27(21)26(19)20/h1-2,4-15,19,25H,3,16H2,(H,35,36,37)/b15-13+. The Morgan fingerprint density at radius 3 is 2.49 bits per heavy atom. The number of ether oxygens (including phenoxy) is 1. The topological polar surface area (TPSA) is 97.7 Å². The molecule has 2 aliphatic carbocycles. The molecule has 10 heteroatoms. The van der Waals surface area contributed by atoms with Crippen molar-refractivity contribution in [1.29, 1.82) is 0 Å². The first-order valence-electron chi connectivity index (χ1n) is 11.9. The second kappa shape index (κ2) is 9.94. The minimum Gasteiger partial charge on any atom is -0.459 e. The third-order valence-corrected chi connectivity index (χ3v) is 7.71. The molecule has 0 saturated heterocycles. The van der Waals surface area contributed by atoms with Gasteiger partial charge < -0.3 is 4.74 Å². The molecule has 0 spiro atoms. The van der Waals surface area contributed by atoms with Gasteiger partial charge in [-0.1, -0.05) is 66.8 Å². The number of rotatable bonds is 8. The summed E-state index contributed by atoms with van der Waals surface area (Å²) in [7, 11) is -6.02. The van der Waals surface area contributed by atoms with Gasteiger partial charge >= 0.3 is 21.3 Å². The molecule has 6 nitrogen and oxygen atoms in total. The Balaban J connectivity index is 1.29. The normalized spacial score (nSPS) is 17.0. The fraction of sp³-hybridized carbons (Fsp3) is 0.172. The molecular weight excluding hydrogens is 533 g/mol. The van der Waals surface area contributed by atoms with Crippen LogP contribution in [0.3, 0.4) is 0 Å². The number of benzene rings is 3. The number of allylic oxidation sites excluding steroid dienone is 4. The summed E-state index contributed by atoms with van der Waals surface area (Å²) in [5, 5.41) is -2.93. The summed E-state index contributed by atoms with van der Waals surface area (Å²) >= 11 is 0. The molecule has 0 amide bonds. The lowest BCUT2D eigenvalue weighted by Gasteiger charge is -2.25. The van der Waals surface area contributed by atoms with Gasteiger partial charge in [0, 0.05) is 11.5 Å². The minimum atomic E-state index is -6.02. The molecule has 0 heterocycles. The second-order valence-electron chi connectivity index (χ2n) is 9.20. The van der Waals surface area contributed by atoms with Crippen LogP contribution in [0, 0.1) is 0 Å². The van der Waals surface area contributed by atoms with Gasteiger partial charge in [-0.25, -0.2) is 9.18 Å². The Labute approximate surface area is 221 Å². The molecule has 3 aromatic rings. The molecule has 5 rings (SSSR count). The van der Waals surface area contributed by atoms with Gasteiger partial charge in [-0.05, 0) is 57.7 Å². The van der Waals surface area contributed by atoms with Crippen molar-refractivity contribution in [3.05, 3.63) is 106 Å². The van der Waals surface area contributed by atoms with E-state index in [2.05, 4.69) is 41.2 Å². The molecule has 39 heavy (non-hydrogen) atoms. The maximum absolute atomic E-state index is 13.5. The molecule has 0 fully saturated rings. The van der Waals surface area contributed by atoms with E-state index in [4.69, 9.17) is 4.55 Å². The van der Waals surface area contributed by atoms with Crippen LogP contribution in [0.15, 0.2) is 72.8 Å². The first-order chi connectivity index (χ1) is 18.5. The van der Waals surface area contributed by atoms with Gasteiger partial charge in [0.15, 0.2) is 5.78 Å². The molecule has 200 valence electrons. The molecule has 1 N–H and O–H groups in total. The van der Waals surface area contributed by atoms with Crippen LogP contribution in [0.25, 0.3) is 22.9 Å². The summed E-state index contributed by atoms with van der Waals surface area (Å²) in [4.78, 5) is 24.8. The van der Waals surface area contributed by atoms with Crippen molar-refractivity contribution in [2.24, 2.45) is 0 Å². The Hall–Kier alpha value is -4.02. The van der Waals surface area contributed by atoms with Crippen LogP contribution in [0.1, 0.15) is 48.9 Å². The lowest BCUT2D eigenvalue weighted by atomic mass is 9.78. The van der Waals surface area contributed by atoms with Crippen LogP contribution in [-0.2, 0) is 21.3 Å². The van der Waals surface area contributed by atoms with Gasteiger partial charge in [0.2, 0.25) is 6.17 Å². The van der Waals surface area contributed by atoms with Crippen LogP contribution in [0.5, 0.6) is 0 Å². The molecule has 0 radical (unpaired) electrons. The van der Waals surface area contributed by atoms with Crippen molar-refractivity contribution in [1.82, 2.24) is 0 Å². The number of hydrogen-bond acceptors (Lipinski definition) is 5. The van der Waals surface area contributed by atoms with Gasteiger partial charge in [-0.2, -0.15) is 17.2 Å². The van der Waals surface area contributed by atoms with Crippen LogP contribution in [0.4, 0.5) is 13.2 Å². The zero-order valence-electron chi connectivity index (χ0n) is 20.2. The molecule has 2 unspecified atom stereocenters. The van der Waals surface area contributed by atoms with E-state index in [1.807, 2.05) is 12.1 Å². The molecule has 3 aromatic carbocycles. The van der Waals surface area contributed by atoms with E-state index < -0.39 is 34.1 Å². The highest BCUT2D eigenvalue weighted by atomic mass is 32.2. The minimum absolute atomic E-state index is 0.171. The Kier molecular flexibility index (Phi) is 6.77. The predicted molar refractivity (Wildman–Crippen MR) is 140 cm³/mol. The van der Waals surface area contributed by atoms with Crippen molar-refractivity contribution in [3.63, 3.8) is 0 Å². The third-order valence-electron chi connectivity index (χ3n) is 6.76. The first kappa shape index (κ1) is 26.6. The van der Waals surface area contributed by atoms with E-state index in [0.717, 1.165) is 22.9 Å². The largest absolute Gasteiger partial charge is 0.459 e. The van der Waals surface area contributed by atoms with Crippen LogP contribution < -0.4 is 0 Å². The smallest absolute Gasteiger partial charge is 0.403 e. The SMILES string of the molecule is O=C(/C=C/c1ccc2c3c4c(ccc13)CC=CC4C=C2)c1ccc(C(=O)OCC(F)C(F)(F)S(=O)(=O)O)cc1. The molecule has 0 bridgehead atoms. The maximum Gasteiger partial charge on any atom is 0.403 e. The lowest BCUT2D eigenvalue weighted by Crippen LogP contribution is -2.41. The quantitative estimate of drug-likeness (QED) is 0.122. The number of ketones is 1. The fourth-order valence-corrected chi connectivity index (χ4v) is 5.13. The van der Waals surface area contributed by atoms with Gasteiger partial charge in [-0.15, -0.1) is 0 Å². The molecule has 0 aromatic heterocycles. The number of carbonyl (C=O) groups excluding carboxylic acids is 2. The molecule has 0 saturated carbocycles. The van der Waals surface area contributed by atoms with E-state index in [9.17, 15) is 31.2 Å². The third kappa shape index (κ3) is 4.93. The Bertz CT molecular complexity index is 1690. The zero-order valence-corrected chi connectivity index (χ0v) is 21.0. The van der Waals surface area contributed by atoms with Gasteiger partial charge in [0.05, 0.1) is 5.56 Å². The van der Waals surface area contributed by atoms with E-state index in [1.165, 1.54) is 46.9 Å². The fourth-order valence-electron chi connectivity index (χ4n) is 4.74. The van der Waals surface area contributed by atoms with Gasteiger partial charge in [0.1, 0.15) is 6.61 Å². The van der Waals surface area contributed by atoms with E-state index in [0.29, 0.717) is 0 Å². The highest BCUT2D eigenvalue weighted by Crippen LogP contribution is 2.41. The monoisotopic (exact) mass is 554 g/mol. The molecule has 2 atom stereocenters. The maximum atomic E-state index is 13.5. The highest BCUT2D eigenvalue weighted by Gasteiger charge is 2.53. The summed E-state index contributed by atoms with van der Waals surface area (Å²) in [5.74, 6) is -1.34.